The third kappa shape index (κ3) is 2.56. The van der Waals surface area contributed by atoms with Gasteiger partial charge in [0.15, 0.2) is 0 Å². The molecule has 0 aliphatic carbocycles. The Bertz CT molecular complexity index is 691. The molecule has 1 amide bonds. The van der Waals surface area contributed by atoms with Gasteiger partial charge in [0, 0.05) is 16.9 Å². The number of amides is 1. The maximum Gasteiger partial charge on any atom is 0.255 e. The monoisotopic (exact) mass is 264 g/mol. The Balaban J connectivity index is 1.74. The van der Waals surface area contributed by atoms with Gasteiger partial charge >= 0.3 is 0 Å². The van der Waals surface area contributed by atoms with E-state index in [-0.39, 0.29) is 5.91 Å². The van der Waals surface area contributed by atoms with Crippen LogP contribution in [0.15, 0.2) is 67.3 Å². The fourth-order valence-corrected chi connectivity index (χ4v) is 1.84. The van der Waals surface area contributed by atoms with E-state index >= 15 is 0 Å². The molecule has 0 atom stereocenters. The van der Waals surface area contributed by atoms with Gasteiger partial charge in [-0.3, -0.25) is 9.36 Å². The first-order chi connectivity index (χ1) is 9.83. The van der Waals surface area contributed by atoms with Gasteiger partial charge in [0.1, 0.15) is 12.7 Å². The predicted molar refractivity (Wildman–Crippen MR) is 75.8 cm³/mol. The van der Waals surface area contributed by atoms with Crippen molar-refractivity contribution in [3.8, 4) is 5.69 Å². The molecule has 0 aliphatic rings. The average Bonchev–Trinajstić information content (AvgIpc) is 3.03. The lowest BCUT2D eigenvalue weighted by molar-refractivity contribution is 0.102. The summed E-state index contributed by atoms with van der Waals surface area (Å²) in [5.41, 5.74) is 2.32. The minimum Gasteiger partial charge on any atom is -0.322 e. The number of benzene rings is 2. The van der Waals surface area contributed by atoms with Crippen molar-refractivity contribution in [1.82, 2.24) is 14.8 Å². The summed E-state index contributed by atoms with van der Waals surface area (Å²) >= 11 is 0. The van der Waals surface area contributed by atoms with Crippen molar-refractivity contribution in [2.45, 2.75) is 0 Å². The van der Waals surface area contributed by atoms with Gasteiger partial charge in [0.05, 0.1) is 0 Å². The van der Waals surface area contributed by atoms with Crippen molar-refractivity contribution in [2.24, 2.45) is 0 Å². The number of hydrogen-bond donors (Lipinski definition) is 1. The number of rotatable bonds is 3. The second-order valence-electron chi connectivity index (χ2n) is 4.24. The van der Waals surface area contributed by atoms with E-state index in [1.165, 1.54) is 0 Å². The number of hydrogen-bond acceptors (Lipinski definition) is 3. The van der Waals surface area contributed by atoms with Crippen LogP contribution in [0.25, 0.3) is 5.69 Å². The van der Waals surface area contributed by atoms with E-state index in [9.17, 15) is 4.79 Å². The van der Waals surface area contributed by atoms with E-state index < -0.39 is 0 Å². The minimum atomic E-state index is -0.123. The van der Waals surface area contributed by atoms with Crippen LogP contribution in [0.1, 0.15) is 10.4 Å². The zero-order valence-corrected chi connectivity index (χ0v) is 10.6. The Morgan fingerprint density at radius 1 is 0.900 bits per heavy atom. The smallest absolute Gasteiger partial charge is 0.255 e. The molecule has 5 nitrogen and oxygen atoms in total. The van der Waals surface area contributed by atoms with Crippen LogP contribution in [0, 0.1) is 0 Å². The van der Waals surface area contributed by atoms with Crippen LogP contribution in [-0.2, 0) is 0 Å². The van der Waals surface area contributed by atoms with Crippen molar-refractivity contribution in [2.75, 3.05) is 5.32 Å². The predicted octanol–water partition coefficient (Wildman–Crippen LogP) is 2.52. The van der Waals surface area contributed by atoms with Crippen molar-refractivity contribution in [3.05, 3.63) is 72.8 Å². The Morgan fingerprint density at radius 3 is 2.20 bits per heavy atom. The molecule has 3 rings (SSSR count). The van der Waals surface area contributed by atoms with Gasteiger partial charge < -0.3 is 5.32 Å². The van der Waals surface area contributed by atoms with Gasteiger partial charge in [-0.1, -0.05) is 18.2 Å². The number of aromatic nitrogens is 3. The van der Waals surface area contributed by atoms with Gasteiger partial charge in [0.2, 0.25) is 0 Å². The van der Waals surface area contributed by atoms with E-state index in [1.807, 2.05) is 42.5 Å². The normalized spacial score (nSPS) is 10.2. The molecule has 0 spiro atoms. The fraction of sp³-hybridized carbons (Fsp3) is 0. The number of nitrogens with one attached hydrogen (secondary N) is 1. The van der Waals surface area contributed by atoms with Gasteiger partial charge in [0.25, 0.3) is 5.91 Å². The summed E-state index contributed by atoms with van der Waals surface area (Å²) in [5, 5.41) is 10.4. The molecule has 20 heavy (non-hydrogen) atoms. The van der Waals surface area contributed by atoms with Gasteiger partial charge in [-0.15, -0.1) is 10.2 Å². The molecule has 0 saturated heterocycles. The summed E-state index contributed by atoms with van der Waals surface area (Å²) < 4.78 is 1.79. The zero-order valence-electron chi connectivity index (χ0n) is 10.6. The van der Waals surface area contributed by atoms with E-state index in [0.29, 0.717) is 5.56 Å². The summed E-state index contributed by atoms with van der Waals surface area (Å²) in [6.07, 6.45) is 3.25. The fourth-order valence-electron chi connectivity index (χ4n) is 1.84. The average molecular weight is 264 g/mol. The highest BCUT2D eigenvalue weighted by Gasteiger charge is 2.05. The Labute approximate surface area is 115 Å². The first-order valence-corrected chi connectivity index (χ1v) is 6.14. The number of nitrogens with zero attached hydrogens (tertiary/aromatic N) is 3. The summed E-state index contributed by atoms with van der Waals surface area (Å²) in [6.45, 7) is 0. The molecule has 3 aromatic rings. The number of anilines is 1. The summed E-state index contributed by atoms with van der Waals surface area (Å²) in [5.74, 6) is -0.123. The maximum absolute atomic E-state index is 12.0. The van der Waals surface area contributed by atoms with E-state index in [2.05, 4.69) is 15.5 Å². The molecule has 0 unspecified atom stereocenters. The first-order valence-electron chi connectivity index (χ1n) is 6.14. The summed E-state index contributed by atoms with van der Waals surface area (Å²) in [6, 6.07) is 16.6. The lowest BCUT2D eigenvalue weighted by Gasteiger charge is -2.06. The Kier molecular flexibility index (Phi) is 3.24. The van der Waals surface area contributed by atoms with Gasteiger partial charge in [-0.05, 0) is 36.4 Å². The third-order valence-corrected chi connectivity index (χ3v) is 2.88. The molecular weight excluding hydrogens is 252 g/mol. The van der Waals surface area contributed by atoms with Crippen LogP contribution in [0.3, 0.4) is 0 Å². The van der Waals surface area contributed by atoms with E-state index in [1.54, 1.807) is 29.4 Å². The Morgan fingerprint density at radius 2 is 1.55 bits per heavy atom. The highest BCUT2D eigenvalue weighted by Crippen LogP contribution is 2.13. The quantitative estimate of drug-likeness (QED) is 0.790. The highest BCUT2D eigenvalue weighted by molar-refractivity contribution is 6.04. The van der Waals surface area contributed by atoms with Crippen molar-refractivity contribution in [3.63, 3.8) is 0 Å². The van der Waals surface area contributed by atoms with Crippen LogP contribution >= 0.6 is 0 Å². The molecule has 0 radical (unpaired) electrons. The lowest BCUT2D eigenvalue weighted by Crippen LogP contribution is -2.11. The Hall–Kier alpha value is -2.95. The minimum absolute atomic E-state index is 0.123. The largest absolute Gasteiger partial charge is 0.322 e. The van der Waals surface area contributed by atoms with E-state index in [4.69, 9.17) is 0 Å². The second kappa shape index (κ2) is 5.36. The van der Waals surface area contributed by atoms with Crippen LogP contribution in [0.2, 0.25) is 0 Å². The van der Waals surface area contributed by atoms with E-state index in [0.717, 1.165) is 11.4 Å². The summed E-state index contributed by atoms with van der Waals surface area (Å²) in [4.78, 5) is 12.0. The first kappa shape index (κ1) is 12.1. The standard InChI is InChI=1S/C15H12N4O/c20-15(12-4-2-1-3-5-12)18-13-6-8-14(9-7-13)19-10-16-17-11-19/h1-11H,(H,18,20). The molecule has 5 heteroatoms. The molecule has 0 fully saturated rings. The molecule has 1 N–H and O–H groups in total. The van der Waals surface area contributed by atoms with Crippen molar-refractivity contribution >= 4 is 11.6 Å². The van der Waals surface area contributed by atoms with Crippen LogP contribution in [0.5, 0.6) is 0 Å². The lowest BCUT2D eigenvalue weighted by atomic mass is 10.2. The molecule has 0 saturated carbocycles. The molecule has 1 heterocycles. The van der Waals surface area contributed by atoms with Crippen molar-refractivity contribution < 1.29 is 4.79 Å². The second-order valence-corrected chi connectivity index (χ2v) is 4.24. The molecule has 0 aliphatic heterocycles. The number of carbonyl (C=O) groups is 1. The van der Waals surface area contributed by atoms with Crippen LogP contribution < -0.4 is 5.32 Å². The number of carbonyl (C=O) groups excluding carboxylic acids is 1. The molecule has 1 aromatic heterocycles. The summed E-state index contributed by atoms with van der Waals surface area (Å²) in [7, 11) is 0. The van der Waals surface area contributed by atoms with Crippen LogP contribution in [0.4, 0.5) is 5.69 Å². The maximum atomic E-state index is 12.0. The topological polar surface area (TPSA) is 59.8 Å². The zero-order chi connectivity index (χ0) is 13.8. The molecule has 98 valence electrons. The van der Waals surface area contributed by atoms with Gasteiger partial charge in [-0.25, -0.2) is 0 Å². The van der Waals surface area contributed by atoms with Crippen molar-refractivity contribution in [1.29, 1.82) is 0 Å². The molecule has 2 aromatic carbocycles. The molecular formula is C15H12N4O. The van der Waals surface area contributed by atoms with Crippen LogP contribution in [-0.4, -0.2) is 20.7 Å². The molecule has 0 bridgehead atoms. The highest BCUT2D eigenvalue weighted by atomic mass is 16.1. The SMILES string of the molecule is O=C(Nc1ccc(-n2cnnc2)cc1)c1ccccc1. The third-order valence-electron chi connectivity index (χ3n) is 2.88. The van der Waals surface area contributed by atoms with Gasteiger partial charge in [-0.2, -0.15) is 0 Å².